The van der Waals surface area contributed by atoms with Crippen molar-refractivity contribution < 1.29 is 19.0 Å². The average molecular weight is 236 g/mol. The summed E-state index contributed by atoms with van der Waals surface area (Å²) in [6, 6.07) is 1.64. The molecule has 2 rings (SSSR count). The van der Waals surface area contributed by atoms with E-state index in [1.165, 1.54) is 27.5 Å². The molecular formula is C11H12N2O4. The van der Waals surface area contributed by atoms with Gasteiger partial charge in [0, 0.05) is 5.39 Å². The van der Waals surface area contributed by atoms with E-state index in [2.05, 4.69) is 14.7 Å². The van der Waals surface area contributed by atoms with Crippen LogP contribution in [-0.4, -0.2) is 37.3 Å². The maximum absolute atomic E-state index is 11.4. The summed E-state index contributed by atoms with van der Waals surface area (Å²) < 4.78 is 14.9. The molecular weight excluding hydrogens is 224 g/mol. The maximum atomic E-state index is 11.4. The summed E-state index contributed by atoms with van der Waals surface area (Å²) in [4.78, 5) is 18.4. The Labute approximate surface area is 97.5 Å². The highest BCUT2D eigenvalue weighted by atomic mass is 16.5. The zero-order chi connectivity index (χ0) is 12.4. The molecule has 0 unspecified atom stereocenters. The second-order valence-electron chi connectivity index (χ2n) is 3.30. The predicted octanol–water partition coefficient (Wildman–Crippen LogP) is 1.37. The van der Waals surface area contributed by atoms with E-state index in [-0.39, 0.29) is 0 Å². The van der Waals surface area contributed by atoms with Crippen molar-refractivity contribution in [3.63, 3.8) is 0 Å². The van der Waals surface area contributed by atoms with Crippen LogP contribution in [0.3, 0.4) is 0 Å². The van der Waals surface area contributed by atoms with Crippen LogP contribution in [-0.2, 0) is 4.74 Å². The van der Waals surface area contributed by atoms with Crippen LogP contribution in [0.2, 0.25) is 0 Å². The second kappa shape index (κ2) is 4.32. The number of aromatic nitrogens is 2. The zero-order valence-corrected chi connectivity index (χ0v) is 9.73. The Morgan fingerprint density at radius 2 is 2.06 bits per heavy atom. The molecule has 0 aliphatic heterocycles. The van der Waals surface area contributed by atoms with Crippen molar-refractivity contribution >= 4 is 16.9 Å². The van der Waals surface area contributed by atoms with Gasteiger partial charge in [0.1, 0.15) is 17.0 Å². The standard InChI is InChI=1S/C11H12N2O4/c1-15-8-5-12-10(16-2)9-6(8)4-7(13-9)11(14)17-3/h4-5,13H,1-3H3. The third-order valence-corrected chi connectivity index (χ3v) is 2.41. The first kappa shape index (κ1) is 11.3. The predicted molar refractivity (Wildman–Crippen MR) is 60.5 cm³/mol. The fourth-order valence-corrected chi connectivity index (χ4v) is 1.61. The lowest BCUT2D eigenvalue weighted by Crippen LogP contribution is -2.00. The number of carbonyl (C=O) groups excluding carboxylic acids is 1. The highest BCUT2D eigenvalue weighted by molar-refractivity contribution is 5.98. The van der Waals surface area contributed by atoms with Crippen molar-refractivity contribution in [3.8, 4) is 11.6 Å². The van der Waals surface area contributed by atoms with Crippen LogP contribution in [0.1, 0.15) is 10.5 Å². The third kappa shape index (κ3) is 1.77. The third-order valence-electron chi connectivity index (χ3n) is 2.41. The number of fused-ring (bicyclic) bond motifs is 1. The Morgan fingerprint density at radius 1 is 1.29 bits per heavy atom. The number of rotatable bonds is 3. The molecule has 90 valence electrons. The average Bonchev–Trinajstić information content (AvgIpc) is 2.81. The molecule has 0 aliphatic rings. The van der Waals surface area contributed by atoms with E-state index in [9.17, 15) is 4.79 Å². The Bertz CT molecular complexity index is 521. The number of ether oxygens (including phenoxy) is 3. The minimum atomic E-state index is -0.453. The van der Waals surface area contributed by atoms with Crippen molar-refractivity contribution in [2.24, 2.45) is 0 Å². The van der Waals surface area contributed by atoms with Crippen molar-refractivity contribution in [1.29, 1.82) is 0 Å². The lowest BCUT2D eigenvalue weighted by molar-refractivity contribution is 0.0595. The molecule has 0 aliphatic carbocycles. The van der Waals surface area contributed by atoms with E-state index < -0.39 is 5.97 Å². The molecule has 2 aromatic heterocycles. The number of esters is 1. The normalized spacial score (nSPS) is 10.3. The monoisotopic (exact) mass is 236 g/mol. The van der Waals surface area contributed by atoms with Crippen LogP contribution in [0.15, 0.2) is 12.3 Å². The number of carbonyl (C=O) groups is 1. The smallest absolute Gasteiger partial charge is 0.354 e. The summed E-state index contributed by atoms with van der Waals surface area (Å²) in [7, 11) is 4.36. The number of aromatic amines is 1. The lowest BCUT2D eigenvalue weighted by atomic mass is 10.3. The topological polar surface area (TPSA) is 73.4 Å². The molecule has 1 N–H and O–H groups in total. The van der Waals surface area contributed by atoms with Crippen molar-refractivity contribution in [3.05, 3.63) is 18.0 Å². The molecule has 0 spiro atoms. The van der Waals surface area contributed by atoms with Crippen LogP contribution in [0.25, 0.3) is 10.9 Å². The number of nitrogens with one attached hydrogen (secondary N) is 1. The minimum Gasteiger partial charge on any atom is -0.494 e. The van der Waals surface area contributed by atoms with Gasteiger partial charge in [-0.15, -0.1) is 0 Å². The molecule has 0 aromatic carbocycles. The molecule has 0 fully saturated rings. The largest absolute Gasteiger partial charge is 0.494 e. The SMILES string of the molecule is COC(=O)c1cc2c(OC)cnc(OC)c2[nH]1. The lowest BCUT2D eigenvalue weighted by Gasteiger charge is -2.03. The van der Waals surface area contributed by atoms with Gasteiger partial charge in [-0.1, -0.05) is 0 Å². The van der Waals surface area contributed by atoms with E-state index in [0.717, 1.165) is 5.39 Å². The molecule has 6 nitrogen and oxygen atoms in total. The Balaban J connectivity index is 2.68. The quantitative estimate of drug-likeness (QED) is 0.814. The maximum Gasteiger partial charge on any atom is 0.354 e. The van der Waals surface area contributed by atoms with Gasteiger partial charge in [-0.05, 0) is 6.07 Å². The summed E-state index contributed by atoms with van der Waals surface area (Å²) in [6.07, 6.45) is 1.54. The summed E-state index contributed by atoms with van der Waals surface area (Å²) in [5, 5.41) is 0.722. The summed E-state index contributed by atoms with van der Waals surface area (Å²) in [5.74, 6) is 0.508. The molecule has 0 saturated carbocycles. The minimum absolute atomic E-state index is 0.326. The van der Waals surface area contributed by atoms with Gasteiger partial charge in [0.15, 0.2) is 0 Å². The van der Waals surface area contributed by atoms with E-state index in [1.54, 1.807) is 6.07 Å². The fourth-order valence-electron chi connectivity index (χ4n) is 1.61. The molecule has 0 saturated heterocycles. The van der Waals surface area contributed by atoms with Gasteiger partial charge in [-0.2, -0.15) is 0 Å². The van der Waals surface area contributed by atoms with Gasteiger partial charge < -0.3 is 19.2 Å². The number of methoxy groups -OCH3 is 3. The van der Waals surface area contributed by atoms with Gasteiger partial charge in [0.05, 0.1) is 27.5 Å². The first-order valence-corrected chi connectivity index (χ1v) is 4.89. The first-order valence-electron chi connectivity index (χ1n) is 4.89. The van der Waals surface area contributed by atoms with Crippen molar-refractivity contribution in [1.82, 2.24) is 9.97 Å². The van der Waals surface area contributed by atoms with Crippen molar-refractivity contribution in [2.45, 2.75) is 0 Å². The number of H-pyrrole nitrogens is 1. The first-order chi connectivity index (χ1) is 8.21. The van der Waals surface area contributed by atoms with Crippen LogP contribution in [0.4, 0.5) is 0 Å². The van der Waals surface area contributed by atoms with Gasteiger partial charge in [0.2, 0.25) is 5.88 Å². The molecule has 2 aromatic rings. The highest BCUT2D eigenvalue weighted by Gasteiger charge is 2.16. The molecule has 0 radical (unpaired) electrons. The fraction of sp³-hybridized carbons (Fsp3) is 0.273. The summed E-state index contributed by atoms with van der Waals surface area (Å²) in [5.41, 5.74) is 0.930. The molecule has 0 atom stereocenters. The molecule has 6 heteroatoms. The molecule has 2 heterocycles. The number of hydrogen-bond acceptors (Lipinski definition) is 5. The van der Waals surface area contributed by atoms with Gasteiger partial charge >= 0.3 is 5.97 Å². The second-order valence-corrected chi connectivity index (χ2v) is 3.30. The van der Waals surface area contributed by atoms with Gasteiger partial charge in [0.25, 0.3) is 0 Å². The Morgan fingerprint density at radius 3 is 2.65 bits per heavy atom. The number of nitrogens with zero attached hydrogens (tertiary/aromatic N) is 1. The number of hydrogen-bond donors (Lipinski definition) is 1. The van der Waals surface area contributed by atoms with Crippen LogP contribution in [0.5, 0.6) is 11.6 Å². The van der Waals surface area contributed by atoms with Crippen LogP contribution < -0.4 is 9.47 Å². The highest BCUT2D eigenvalue weighted by Crippen LogP contribution is 2.31. The Hall–Kier alpha value is -2.24. The van der Waals surface area contributed by atoms with E-state index in [4.69, 9.17) is 9.47 Å². The Kier molecular flexibility index (Phi) is 2.86. The molecule has 0 bridgehead atoms. The summed E-state index contributed by atoms with van der Waals surface area (Å²) in [6.45, 7) is 0. The zero-order valence-electron chi connectivity index (χ0n) is 9.73. The van der Waals surface area contributed by atoms with Gasteiger partial charge in [-0.25, -0.2) is 9.78 Å². The van der Waals surface area contributed by atoms with Crippen LogP contribution >= 0.6 is 0 Å². The molecule has 17 heavy (non-hydrogen) atoms. The van der Waals surface area contributed by atoms with E-state index >= 15 is 0 Å². The van der Waals surface area contributed by atoms with Crippen LogP contribution in [0, 0.1) is 0 Å². The van der Waals surface area contributed by atoms with E-state index in [1.807, 2.05) is 0 Å². The molecule has 0 amide bonds. The van der Waals surface area contributed by atoms with E-state index in [0.29, 0.717) is 22.8 Å². The number of pyridine rings is 1. The van der Waals surface area contributed by atoms with Crippen molar-refractivity contribution in [2.75, 3.05) is 21.3 Å². The summed E-state index contributed by atoms with van der Waals surface area (Å²) >= 11 is 0. The van der Waals surface area contributed by atoms with Gasteiger partial charge in [-0.3, -0.25) is 0 Å².